The highest BCUT2D eigenvalue weighted by Crippen LogP contribution is 2.37. The van der Waals surface area contributed by atoms with Crippen molar-refractivity contribution in [1.29, 1.82) is 0 Å². The third-order valence-corrected chi connectivity index (χ3v) is 5.08. The Balaban J connectivity index is 2.57. The van der Waals surface area contributed by atoms with Gasteiger partial charge in [-0.3, -0.25) is 0 Å². The maximum absolute atomic E-state index is 12.5. The van der Waals surface area contributed by atoms with Crippen LogP contribution in [0, 0.1) is 0 Å². The zero-order valence-electron chi connectivity index (χ0n) is 13.9. The standard InChI is InChI=1S/C16H20BrNO4S/c1-6-9-12-10(8-11(23-12)14(19)21-7-2)18(13(9)17)15(20)22-16(3,4)5/h8H,6-7H2,1-5H3. The number of rotatable bonds is 3. The van der Waals surface area contributed by atoms with Gasteiger partial charge in [-0.05, 0) is 56.1 Å². The van der Waals surface area contributed by atoms with Gasteiger partial charge in [-0.1, -0.05) is 6.92 Å². The van der Waals surface area contributed by atoms with E-state index in [0.717, 1.165) is 16.7 Å². The van der Waals surface area contributed by atoms with Gasteiger partial charge in [0.05, 0.1) is 16.8 Å². The van der Waals surface area contributed by atoms with Crippen LogP contribution in [0.15, 0.2) is 10.7 Å². The molecule has 0 atom stereocenters. The number of hydrogen-bond donors (Lipinski definition) is 0. The maximum Gasteiger partial charge on any atom is 0.419 e. The van der Waals surface area contributed by atoms with Crippen molar-refractivity contribution in [3.63, 3.8) is 0 Å². The molecule has 2 heterocycles. The van der Waals surface area contributed by atoms with Crippen molar-refractivity contribution >= 4 is 49.5 Å². The first-order valence-electron chi connectivity index (χ1n) is 7.42. The molecule has 0 bridgehead atoms. The molecule has 0 radical (unpaired) electrons. The number of carbonyl (C=O) groups is 2. The predicted molar refractivity (Wildman–Crippen MR) is 94.5 cm³/mol. The van der Waals surface area contributed by atoms with Gasteiger partial charge in [0.15, 0.2) is 0 Å². The first-order valence-corrected chi connectivity index (χ1v) is 9.03. The molecule has 23 heavy (non-hydrogen) atoms. The Morgan fingerprint density at radius 1 is 1.30 bits per heavy atom. The lowest BCUT2D eigenvalue weighted by Gasteiger charge is -2.20. The van der Waals surface area contributed by atoms with Gasteiger partial charge >= 0.3 is 12.1 Å². The minimum Gasteiger partial charge on any atom is -0.462 e. The number of nitrogens with zero attached hydrogens (tertiary/aromatic N) is 1. The van der Waals surface area contributed by atoms with E-state index in [1.54, 1.807) is 13.0 Å². The molecule has 0 aliphatic rings. The molecule has 0 spiro atoms. The lowest BCUT2D eigenvalue weighted by molar-refractivity contribution is 0.0522. The van der Waals surface area contributed by atoms with Crippen molar-refractivity contribution in [2.24, 2.45) is 0 Å². The van der Waals surface area contributed by atoms with E-state index in [-0.39, 0.29) is 5.97 Å². The number of hydrogen-bond acceptors (Lipinski definition) is 5. The average molecular weight is 402 g/mol. The van der Waals surface area contributed by atoms with Gasteiger partial charge in [0.1, 0.15) is 15.1 Å². The Hall–Kier alpha value is -1.34. The third-order valence-electron chi connectivity index (χ3n) is 3.08. The maximum atomic E-state index is 12.5. The van der Waals surface area contributed by atoms with Gasteiger partial charge in [0.25, 0.3) is 0 Å². The number of esters is 1. The smallest absolute Gasteiger partial charge is 0.419 e. The van der Waals surface area contributed by atoms with Gasteiger partial charge in [0, 0.05) is 5.56 Å². The number of fused-ring (bicyclic) bond motifs is 1. The quantitative estimate of drug-likeness (QED) is 0.679. The highest BCUT2D eigenvalue weighted by atomic mass is 79.9. The number of thiophene rings is 1. The van der Waals surface area contributed by atoms with Crippen LogP contribution in [-0.2, 0) is 15.9 Å². The molecule has 0 aromatic carbocycles. The Labute approximate surface area is 147 Å². The largest absolute Gasteiger partial charge is 0.462 e. The number of carbonyl (C=O) groups excluding carboxylic acids is 2. The monoisotopic (exact) mass is 401 g/mol. The molecule has 2 aromatic heterocycles. The van der Waals surface area contributed by atoms with E-state index in [2.05, 4.69) is 15.9 Å². The molecule has 0 aliphatic heterocycles. The Bertz CT molecular complexity index is 754. The molecule has 0 fully saturated rings. The Morgan fingerprint density at radius 3 is 2.48 bits per heavy atom. The van der Waals surface area contributed by atoms with Gasteiger partial charge in [-0.25, -0.2) is 14.2 Å². The summed E-state index contributed by atoms with van der Waals surface area (Å²) in [6, 6.07) is 1.69. The average Bonchev–Trinajstić information content (AvgIpc) is 2.92. The summed E-state index contributed by atoms with van der Waals surface area (Å²) in [6.07, 6.45) is 0.262. The summed E-state index contributed by atoms with van der Waals surface area (Å²) in [5.41, 5.74) is 1.04. The van der Waals surface area contributed by atoms with Crippen LogP contribution in [0.25, 0.3) is 10.2 Å². The van der Waals surface area contributed by atoms with E-state index in [0.29, 0.717) is 21.6 Å². The first kappa shape index (κ1) is 18.0. The van der Waals surface area contributed by atoms with Crippen molar-refractivity contribution in [2.45, 2.75) is 46.6 Å². The third kappa shape index (κ3) is 3.61. The fraction of sp³-hybridized carbons (Fsp3) is 0.500. The molecule has 0 unspecified atom stereocenters. The summed E-state index contributed by atoms with van der Waals surface area (Å²) < 4.78 is 13.6. The molecule has 0 amide bonds. The molecule has 2 rings (SSSR count). The summed E-state index contributed by atoms with van der Waals surface area (Å²) in [5.74, 6) is -0.373. The zero-order valence-corrected chi connectivity index (χ0v) is 16.3. The molecule has 126 valence electrons. The Morgan fingerprint density at radius 2 is 1.96 bits per heavy atom. The molecule has 0 aliphatic carbocycles. The minimum atomic E-state index is -0.598. The summed E-state index contributed by atoms with van der Waals surface area (Å²) >= 11 is 4.82. The van der Waals surface area contributed by atoms with Crippen molar-refractivity contribution < 1.29 is 19.1 Å². The van der Waals surface area contributed by atoms with Crippen LogP contribution in [0.2, 0.25) is 0 Å². The van der Waals surface area contributed by atoms with Crippen LogP contribution in [-0.4, -0.2) is 28.8 Å². The van der Waals surface area contributed by atoms with Gasteiger partial charge < -0.3 is 9.47 Å². The van der Waals surface area contributed by atoms with Gasteiger partial charge in [-0.15, -0.1) is 11.3 Å². The molecule has 7 heteroatoms. The predicted octanol–water partition coefficient (Wildman–Crippen LogP) is 4.99. The second kappa shape index (κ2) is 6.65. The van der Waals surface area contributed by atoms with Crippen LogP contribution in [0.3, 0.4) is 0 Å². The fourth-order valence-corrected chi connectivity index (χ4v) is 4.29. The topological polar surface area (TPSA) is 57.5 Å². The molecule has 0 N–H and O–H groups in total. The number of ether oxygens (including phenoxy) is 2. The molecule has 2 aromatic rings. The normalized spacial score (nSPS) is 11.7. The molecule has 0 saturated heterocycles. The zero-order chi connectivity index (χ0) is 17.4. The molecule has 0 saturated carbocycles. The summed E-state index contributed by atoms with van der Waals surface area (Å²) in [7, 11) is 0. The summed E-state index contributed by atoms with van der Waals surface area (Å²) in [5, 5.41) is 0. The van der Waals surface area contributed by atoms with Crippen LogP contribution >= 0.6 is 27.3 Å². The molecule has 5 nitrogen and oxygen atoms in total. The van der Waals surface area contributed by atoms with Crippen molar-refractivity contribution in [1.82, 2.24) is 4.57 Å². The van der Waals surface area contributed by atoms with E-state index in [9.17, 15) is 9.59 Å². The highest BCUT2D eigenvalue weighted by Gasteiger charge is 2.26. The molecular weight excluding hydrogens is 382 g/mol. The Kier molecular flexibility index (Phi) is 5.20. The first-order chi connectivity index (χ1) is 10.7. The molecular formula is C16H20BrNO4S. The van der Waals surface area contributed by atoms with Gasteiger partial charge in [0.2, 0.25) is 0 Å². The number of aromatic nitrogens is 1. The lowest BCUT2D eigenvalue weighted by atomic mass is 10.2. The van der Waals surface area contributed by atoms with Crippen molar-refractivity contribution in [3.05, 3.63) is 21.1 Å². The summed E-state index contributed by atoms with van der Waals surface area (Å²) in [4.78, 5) is 25.0. The lowest BCUT2D eigenvalue weighted by Crippen LogP contribution is -2.27. The van der Waals surface area contributed by atoms with Crippen LogP contribution < -0.4 is 0 Å². The highest BCUT2D eigenvalue weighted by molar-refractivity contribution is 9.10. The van der Waals surface area contributed by atoms with Crippen LogP contribution in [0.1, 0.15) is 49.9 Å². The minimum absolute atomic E-state index is 0.317. The second-order valence-corrected chi connectivity index (χ2v) is 7.79. The van der Waals surface area contributed by atoms with E-state index in [1.807, 2.05) is 27.7 Å². The SMILES string of the molecule is CCOC(=O)c1cc2c(s1)c(CC)c(Br)n2C(=O)OC(C)(C)C. The number of halogens is 1. The second-order valence-electron chi connectivity index (χ2n) is 5.98. The van der Waals surface area contributed by atoms with Crippen LogP contribution in [0.4, 0.5) is 4.79 Å². The van der Waals surface area contributed by atoms with Crippen molar-refractivity contribution in [3.8, 4) is 0 Å². The van der Waals surface area contributed by atoms with E-state index in [1.165, 1.54) is 15.9 Å². The van der Waals surface area contributed by atoms with E-state index >= 15 is 0 Å². The van der Waals surface area contributed by atoms with E-state index < -0.39 is 11.7 Å². The summed E-state index contributed by atoms with van der Waals surface area (Å²) in [6.45, 7) is 9.54. The van der Waals surface area contributed by atoms with Gasteiger partial charge in [-0.2, -0.15) is 0 Å². The fourth-order valence-electron chi connectivity index (χ4n) is 2.19. The number of aryl methyl sites for hydroxylation is 1. The van der Waals surface area contributed by atoms with Crippen molar-refractivity contribution in [2.75, 3.05) is 6.61 Å². The van der Waals surface area contributed by atoms with Crippen LogP contribution in [0.5, 0.6) is 0 Å². The van der Waals surface area contributed by atoms with E-state index in [4.69, 9.17) is 9.47 Å².